The fourth-order valence-corrected chi connectivity index (χ4v) is 3.71. The summed E-state index contributed by atoms with van der Waals surface area (Å²) in [5, 5.41) is 4.44. The van der Waals surface area contributed by atoms with Crippen molar-refractivity contribution < 1.29 is 0 Å². The van der Waals surface area contributed by atoms with Crippen molar-refractivity contribution in [1.82, 2.24) is 24.6 Å². The topological polar surface area (TPSA) is 46.8 Å². The zero-order valence-corrected chi connectivity index (χ0v) is 16.2. The largest absolute Gasteiger partial charge is 0.301 e. The summed E-state index contributed by atoms with van der Waals surface area (Å²) in [4.78, 5) is 12.2. The van der Waals surface area contributed by atoms with Gasteiger partial charge in [0.2, 0.25) is 0 Å². The lowest BCUT2D eigenvalue weighted by atomic mass is 9.92. The minimum Gasteiger partial charge on any atom is -0.301 e. The Morgan fingerprint density at radius 3 is 2.44 bits per heavy atom. The Balaban J connectivity index is 1.75. The fraction of sp³-hybridized carbons (Fsp3) is 0.650. The van der Waals surface area contributed by atoms with E-state index in [0.29, 0.717) is 18.0 Å². The zero-order chi connectivity index (χ0) is 18.0. The van der Waals surface area contributed by atoms with Crippen LogP contribution in [-0.4, -0.2) is 43.8 Å². The van der Waals surface area contributed by atoms with Gasteiger partial charge in [-0.25, -0.2) is 9.97 Å². The van der Waals surface area contributed by atoms with Crippen LogP contribution in [0, 0.1) is 12.8 Å². The summed E-state index contributed by atoms with van der Waals surface area (Å²) < 4.78 is 2.03. The van der Waals surface area contributed by atoms with Crippen molar-refractivity contribution in [3.8, 4) is 11.4 Å². The van der Waals surface area contributed by atoms with Gasteiger partial charge in [0.15, 0.2) is 0 Å². The molecule has 5 nitrogen and oxygen atoms in total. The molecule has 1 aliphatic heterocycles. The van der Waals surface area contributed by atoms with Gasteiger partial charge in [-0.15, -0.1) is 0 Å². The van der Waals surface area contributed by atoms with Crippen molar-refractivity contribution >= 4 is 0 Å². The number of rotatable bonds is 5. The highest BCUT2D eigenvalue weighted by Gasteiger charge is 2.22. The average Bonchev–Trinajstić information content (AvgIpc) is 3.04. The van der Waals surface area contributed by atoms with Gasteiger partial charge in [0.05, 0.1) is 11.4 Å². The van der Waals surface area contributed by atoms with Gasteiger partial charge in [-0.1, -0.05) is 0 Å². The molecular formula is C20H31N5. The molecule has 0 unspecified atom stereocenters. The molecule has 1 saturated heterocycles. The van der Waals surface area contributed by atoms with Crippen molar-refractivity contribution in [2.24, 2.45) is 5.92 Å². The van der Waals surface area contributed by atoms with Crippen molar-refractivity contribution in [2.45, 2.75) is 66.0 Å². The van der Waals surface area contributed by atoms with Crippen LogP contribution in [0.1, 0.15) is 58.1 Å². The fourth-order valence-electron chi connectivity index (χ4n) is 3.71. The first-order valence-electron chi connectivity index (χ1n) is 9.56. The summed E-state index contributed by atoms with van der Waals surface area (Å²) in [6.45, 7) is 13.3. The average molecular weight is 342 g/mol. The molecule has 0 aromatic carbocycles. The van der Waals surface area contributed by atoms with Gasteiger partial charge < -0.3 is 4.90 Å². The minimum absolute atomic E-state index is 0.323. The molecular weight excluding hydrogens is 310 g/mol. The van der Waals surface area contributed by atoms with Gasteiger partial charge in [-0.3, -0.25) is 4.68 Å². The number of piperidine rings is 1. The van der Waals surface area contributed by atoms with Crippen LogP contribution in [0.15, 0.2) is 18.3 Å². The number of nitrogens with zero attached hydrogens (tertiary/aromatic N) is 5. The smallest absolute Gasteiger partial charge is 0.129 e. The van der Waals surface area contributed by atoms with Crippen molar-refractivity contribution in [3.63, 3.8) is 0 Å². The molecule has 1 fully saturated rings. The van der Waals surface area contributed by atoms with Gasteiger partial charge in [0.25, 0.3) is 0 Å². The molecule has 0 amide bonds. The first-order chi connectivity index (χ1) is 11.9. The lowest BCUT2D eigenvalue weighted by molar-refractivity contribution is 0.148. The van der Waals surface area contributed by atoms with Gasteiger partial charge in [0, 0.05) is 30.4 Å². The second-order valence-electron chi connectivity index (χ2n) is 7.84. The van der Waals surface area contributed by atoms with Gasteiger partial charge >= 0.3 is 0 Å². The summed E-state index contributed by atoms with van der Waals surface area (Å²) in [5.74, 6) is 1.68. The SMILES string of the molecule is Cc1cc(-c2ccnn2C(C)C)nc(CC2CCN(C(C)C)CC2)n1. The third-order valence-corrected chi connectivity index (χ3v) is 5.17. The summed E-state index contributed by atoms with van der Waals surface area (Å²) in [6.07, 6.45) is 5.33. The molecule has 2 aromatic rings. The first-order valence-corrected chi connectivity index (χ1v) is 9.56. The number of aryl methyl sites for hydroxylation is 1. The predicted molar refractivity (Wildman–Crippen MR) is 102 cm³/mol. The van der Waals surface area contributed by atoms with Gasteiger partial charge in [0.1, 0.15) is 5.82 Å². The maximum atomic E-state index is 4.88. The summed E-state index contributed by atoms with van der Waals surface area (Å²) in [7, 11) is 0. The molecule has 0 spiro atoms. The van der Waals surface area contributed by atoms with E-state index in [1.54, 1.807) is 0 Å². The Hall–Kier alpha value is -1.75. The van der Waals surface area contributed by atoms with Crippen LogP contribution in [-0.2, 0) is 6.42 Å². The number of likely N-dealkylation sites (tertiary alicyclic amines) is 1. The zero-order valence-electron chi connectivity index (χ0n) is 16.2. The first kappa shape index (κ1) is 18.1. The maximum absolute atomic E-state index is 4.88. The Labute approximate surface area is 151 Å². The van der Waals surface area contributed by atoms with Crippen LogP contribution >= 0.6 is 0 Å². The Morgan fingerprint density at radius 1 is 1.08 bits per heavy atom. The van der Waals surface area contributed by atoms with Crippen LogP contribution in [0.3, 0.4) is 0 Å². The molecule has 0 saturated carbocycles. The lowest BCUT2D eigenvalue weighted by Crippen LogP contribution is -2.39. The van der Waals surface area contributed by atoms with Crippen LogP contribution < -0.4 is 0 Å². The van der Waals surface area contributed by atoms with Crippen molar-refractivity contribution in [3.05, 3.63) is 29.8 Å². The molecule has 3 heterocycles. The number of hydrogen-bond acceptors (Lipinski definition) is 4. The summed E-state index contributed by atoms with van der Waals surface area (Å²) >= 11 is 0. The second-order valence-corrected chi connectivity index (χ2v) is 7.84. The molecule has 25 heavy (non-hydrogen) atoms. The van der Waals surface area contributed by atoms with E-state index in [1.165, 1.54) is 25.9 Å². The highest BCUT2D eigenvalue weighted by Crippen LogP contribution is 2.24. The highest BCUT2D eigenvalue weighted by atomic mass is 15.3. The second kappa shape index (κ2) is 7.65. The van der Waals surface area contributed by atoms with Crippen molar-refractivity contribution in [2.75, 3.05) is 13.1 Å². The minimum atomic E-state index is 0.323. The molecule has 0 aliphatic carbocycles. The monoisotopic (exact) mass is 341 g/mol. The summed E-state index contributed by atoms with van der Waals surface area (Å²) in [6, 6.07) is 5.09. The normalized spacial score (nSPS) is 16.9. The molecule has 1 aliphatic rings. The van der Waals surface area contributed by atoms with Crippen LogP contribution in [0.5, 0.6) is 0 Å². The van der Waals surface area contributed by atoms with Crippen LogP contribution in [0.25, 0.3) is 11.4 Å². The third-order valence-electron chi connectivity index (χ3n) is 5.17. The molecule has 0 bridgehead atoms. The Bertz CT molecular complexity index is 696. The van der Waals surface area contributed by atoms with E-state index in [-0.39, 0.29) is 0 Å². The quantitative estimate of drug-likeness (QED) is 0.828. The van der Waals surface area contributed by atoms with Gasteiger partial charge in [-0.2, -0.15) is 5.10 Å². The number of hydrogen-bond donors (Lipinski definition) is 0. The molecule has 0 N–H and O–H groups in total. The summed E-state index contributed by atoms with van der Waals surface area (Å²) in [5.41, 5.74) is 3.11. The van der Waals surface area contributed by atoms with E-state index >= 15 is 0 Å². The maximum Gasteiger partial charge on any atom is 0.129 e. The van der Waals surface area contributed by atoms with E-state index in [0.717, 1.165) is 29.3 Å². The van der Waals surface area contributed by atoms with E-state index in [4.69, 9.17) is 9.97 Å². The molecule has 136 valence electrons. The predicted octanol–water partition coefficient (Wildman–Crippen LogP) is 3.89. The van der Waals surface area contributed by atoms with Gasteiger partial charge in [-0.05, 0) is 78.6 Å². The van der Waals surface area contributed by atoms with E-state index < -0.39 is 0 Å². The van der Waals surface area contributed by atoms with E-state index in [2.05, 4.69) is 50.7 Å². The van der Waals surface area contributed by atoms with Crippen molar-refractivity contribution in [1.29, 1.82) is 0 Å². The third kappa shape index (κ3) is 4.27. The lowest BCUT2D eigenvalue weighted by Gasteiger charge is -2.34. The standard InChI is InChI=1S/C20H31N5/c1-14(2)24-10-7-17(8-11-24)13-20-22-16(5)12-18(23-20)19-6-9-21-25(19)15(3)4/h6,9,12,14-15,17H,7-8,10-11,13H2,1-5H3. The van der Waals surface area contributed by atoms with E-state index in [9.17, 15) is 0 Å². The molecule has 0 radical (unpaired) electrons. The van der Waals surface area contributed by atoms with Crippen LogP contribution in [0.2, 0.25) is 0 Å². The molecule has 2 aromatic heterocycles. The Kier molecular flexibility index (Phi) is 5.52. The Morgan fingerprint density at radius 2 is 1.80 bits per heavy atom. The highest BCUT2D eigenvalue weighted by molar-refractivity contribution is 5.54. The molecule has 3 rings (SSSR count). The number of aromatic nitrogens is 4. The van der Waals surface area contributed by atoms with E-state index in [1.807, 2.05) is 16.9 Å². The molecule has 0 atom stereocenters. The molecule has 5 heteroatoms. The van der Waals surface area contributed by atoms with Crippen LogP contribution in [0.4, 0.5) is 0 Å².